The van der Waals surface area contributed by atoms with Crippen LogP contribution in [0.25, 0.3) is 5.69 Å². The fraction of sp³-hybridized carbons (Fsp3) is 0.111. The normalized spacial score (nSPS) is 10.7. The van der Waals surface area contributed by atoms with Crippen molar-refractivity contribution in [3.05, 3.63) is 87.4 Å². The minimum absolute atomic E-state index is 0.131. The van der Waals surface area contributed by atoms with Crippen LogP contribution >= 0.6 is 23.4 Å². The van der Waals surface area contributed by atoms with Gasteiger partial charge in [-0.25, -0.2) is 4.98 Å². The van der Waals surface area contributed by atoms with Gasteiger partial charge in [0, 0.05) is 23.2 Å². The van der Waals surface area contributed by atoms with Crippen molar-refractivity contribution < 1.29 is 0 Å². The van der Waals surface area contributed by atoms with Crippen molar-refractivity contribution in [1.82, 2.24) is 9.55 Å². The van der Waals surface area contributed by atoms with Gasteiger partial charge in [0.25, 0.3) is 5.56 Å². The van der Waals surface area contributed by atoms with Crippen LogP contribution in [0.4, 0.5) is 0 Å². The third-order valence-corrected chi connectivity index (χ3v) is 4.77. The Labute approximate surface area is 144 Å². The molecule has 0 fully saturated rings. The van der Waals surface area contributed by atoms with Gasteiger partial charge in [-0.05, 0) is 36.2 Å². The number of aryl methyl sites for hydroxylation is 1. The lowest BCUT2D eigenvalue weighted by atomic mass is 10.1. The van der Waals surface area contributed by atoms with Gasteiger partial charge in [-0.1, -0.05) is 53.7 Å². The molecule has 0 aliphatic heterocycles. The maximum absolute atomic E-state index is 12.6. The van der Waals surface area contributed by atoms with Gasteiger partial charge in [-0.2, -0.15) is 0 Å². The predicted octanol–water partition coefficient (Wildman–Crippen LogP) is 4.49. The standard InChI is InChI=1S/C18H15ClN2OS/c1-13-5-2-3-6-14(13)12-23-17-18(22)21(10-9-20-17)16-8-4-7-15(19)11-16/h2-11H,12H2,1H3. The van der Waals surface area contributed by atoms with Crippen LogP contribution in [0.3, 0.4) is 0 Å². The topological polar surface area (TPSA) is 34.9 Å². The number of halogens is 1. The second kappa shape index (κ2) is 7.02. The first-order chi connectivity index (χ1) is 11.1. The van der Waals surface area contributed by atoms with E-state index in [0.29, 0.717) is 15.8 Å². The molecule has 1 heterocycles. The molecule has 3 aromatic rings. The first-order valence-corrected chi connectivity index (χ1v) is 8.52. The van der Waals surface area contributed by atoms with E-state index in [1.54, 1.807) is 29.1 Å². The van der Waals surface area contributed by atoms with E-state index in [1.807, 2.05) is 24.3 Å². The van der Waals surface area contributed by atoms with Gasteiger partial charge in [0.1, 0.15) is 0 Å². The van der Waals surface area contributed by atoms with Gasteiger partial charge < -0.3 is 0 Å². The monoisotopic (exact) mass is 342 g/mol. The van der Waals surface area contributed by atoms with E-state index in [2.05, 4.69) is 24.0 Å². The van der Waals surface area contributed by atoms with E-state index in [1.165, 1.54) is 22.9 Å². The molecule has 0 saturated heterocycles. The minimum atomic E-state index is -0.131. The van der Waals surface area contributed by atoms with Crippen LogP contribution in [-0.2, 0) is 5.75 Å². The Morgan fingerprint density at radius 3 is 2.78 bits per heavy atom. The van der Waals surface area contributed by atoms with Crippen LogP contribution in [0, 0.1) is 6.92 Å². The van der Waals surface area contributed by atoms with E-state index in [-0.39, 0.29) is 5.56 Å². The lowest BCUT2D eigenvalue weighted by Crippen LogP contribution is -2.20. The third-order valence-electron chi connectivity index (χ3n) is 3.52. The average Bonchev–Trinajstić information content (AvgIpc) is 2.55. The Balaban J connectivity index is 1.89. The highest BCUT2D eigenvalue weighted by molar-refractivity contribution is 7.98. The number of rotatable bonds is 4. The summed E-state index contributed by atoms with van der Waals surface area (Å²) in [6.45, 7) is 2.07. The second-order valence-corrected chi connectivity index (χ2v) is 6.50. The summed E-state index contributed by atoms with van der Waals surface area (Å²) in [5, 5.41) is 1.08. The maximum atomic E-state index is 12.6. The highest BCUT2D eigenvalue weighted by Crippen LogP contribution is 2.21. The maximum Gasteiger partial charge on any atom is 0.287 e. The van der Waals surface area contributed by atoms with Gasteiger partial charge in [0.05, 0.1) is 5.69 Å². The van der Waals surface area contributed by atoms with Crippen LogP contribution in [0.15, 0.2) is 70.7 Å². The number of nitrogens with zero attached hydrogens (tertiary/aromatic N) is 2. The summed E-state index contributed by atoms with van der Waals surface area (Å²) >= 11 is 7.46. The molecule has 0 radical (unpaired) electrons. The van der Waals surface area contributed by atoms with Crippen LogP contribution in [-0.4, -0.2) is 9.55 Å². The molecule has 1 aromatic heterocycles. The number of benzene rings is 2. The van der Waals surface area contributed by atoms with E-state index in [4.69, 9.17) is 11.6 Å². The van der Waals surface area contributed by atoms with Gasteiger partial charge in [0.2, 0.25) is 0 Å². The van der Waals surface area contributed by atoms with Crippen LogP contribution in [0.5, 0.6) is 0 Å². The lowest BCUT2D eigenvalue weighted by molar-refractivity contribution is 0.882. The van der Waals surface area contributed by atoms with Crippen LogP contribution in [0.1, 0.15) is 11.1 Å². The van der Waals surface area contributed by atoms with Crippen molar-refractivity contribution in [3.63, 3.8) is 0 Å². The molecule has 5 heteroatoms. The van der Waals surface area contributed by atoms with E-state index in [9.17, 15) is 4.79 Å². The van der Waals surface area contributed by atoms with Crippen molar-refractivity contribution in [2.45, 2.75) is 17.7 Å². The fourth-order valence-corrected chi connectivity index (χ4v) is 3.40. The summed E-state index contributed by atoms with van der Waals surface area (Å²) in [7, 11) is 0. The first kappa shape index (κ1) is 15.8. The third kappa shape index (κ3) is 3.66. The Hall–Kier alpha value is -2.04. The fourth-order valence-electron chi connectivity index (χ4n) is 2.24. The number of thioether (sulfide) groups is 1. The molecule has 2 aromatic carbocycles. The number of hydrogen-bond donors (Lipinski definition) is 0. The predicted molar refractivity (Wildman–Crippen MR) is 95.6 cm³/mol. The van der Waals surface area contributed by atoms with Crippen molar-refractivity contribution >= 4 is 23.4 Å². The smallest absolute Gasteiger partial charge is 0.280 e. The molecule has 116 valence electrons. The molecular weight excluding hydrogens is 328 g/mol. The van der Waals surface area contributed by atoms with Crippen LogP contribution in [0.2, 0.25) is 5.02 Å². The molecule has 0 aliphatic carbocycles. The molecular formula is C18H15ClN2OS. The minimum Gasteiger partial charge on any atom is -0.280 e. The van der Waals surface area contributed by atoms with Crippen molar-refractivity contribution in [2.75, 3.05) is 0 Å². The molecule has 0 spiro atoms. The molecule has 0 aliphatic rings. The summed E-state index contributed by atoms with van der Waals surface area (Å²) in [6, 6.07) is 15.4. The van der Waals surface area contributed by atoms with Gasteiger partial charge in [-0.3, -0.25) is 9.36 Å². The summed E-state index contributed by atoms with van der Waals surface area (Å²) < 4.78 is 1.57. The molecule has 0 saturated carbocycles. The Morgan fingerprint density at radius 2 is 2.00 bits per heavy atom. The largest absolute Gasteiger partial charge is 0.287 e. The van der Waals surface area contributed by atoms with Crippen molar-refractivity contribution in [1.29, 1.82) is 0 Å². The van der Waals surface area contributed by atoms with E-state index < -0.39 is 0 Å². The summed E-state index contributed by atoms with van der Waals surface area (Å²) in [6.07, 6.45) is 3.30. The molecule has 0 atom stereocenters. The summed E-state index contributed by atoms with van der Waals surface area (Å²) in [4.78, 5) is 16.9. The highest BCUT2D eigenvalue weighted by Gasteiger charge is 2.08. The van der Waals surface area contributed by atoms with Gasteiger partial charge >= 0.3 is 0 Å². The van der Waals surface area contributed by atoms with Crippen molar-refractivity contribution in [3.8, 4) is 5.69 Å². The van der Waals surface area contributed by atoms with E-state index in [0.717, 1.165) is 5.69 Å². The van der Waals surface area contributed by atoms with Crippen LogP contribution < -0.4 is 5.56 Å². The zero-order chi connectivity index (χ0) is 16.2. The second-order valence-electron chi connectivity index (χ2n) is 5.10. The van der Waals surface area contributed by atoms with Crippen molar-refractivity contribution in [2.24, 2.45) is 0 Å². The molecule has 0 N–H and O–H groups in total. The molecule has 0 unspecified atom stereocenters. The molecule has 0 amide bonds. The quantitative estimate of drug-likeness (QED) is 0.655. The van der Waals surface area contributed by atoms with Gasteiger partial charge in [-0.15, -0.1) is 0 Å². The molecule has 0 bridgehead atoms. The zero-order valence-corrected chi connectivity index (χ0v) is 14.1. The van der Waals surface area contributed by atoms with E-state index >= 15 is 0 Å². The Kier molecular flexibility index (Phi) is 4.84. The molecule has 3 rings (SSSR count). The lowest BCUT2D eigenvalue weighted by Gasteiger charge is -2.08. The number of aromatic nitrogens is 2. The Morgan fingerprint density at radius 1 is 1.17 bits per heavy atom. The number of hydrogen-bond acceptors (Lipinski definition) is 3. The highest BCUT2D eigenvalue weighted by atomic mass is 35.5. The Bertz CT molecular complexity index is 892. The zero-order valence-electron chi connectivity index (χ0n) is 12.6. The first-order valence-electron chi connectivity index (χ1n) is 7.16. The van der Waals surface area contributed by atoms with Gasteiger partial charge in [0.15, 0.2) is 5.03 Å². The molecule has 3 nitrogen and oxygen atoms in total. The summed E-state index contributed by atoms with van der Waals surface area (Å²) in [5.41, 5.74) is 3.03. The SMILES string of the molecule is Cc1ccccc1CSc1nccn(-c2cccc(Cl)c2)c1=O. The summed E-state index contributed by atoms with van der Waals surface area (Å²) in [5.74, 6) is 0.717. The average molecular weight is 343 g/mol. The molecule has 23 heavy (non-hydrogen) atoms.